The third-order valence-corrected chi connectivity index (χ3v) is 3.19. The topological polar surface area (TPSA) is 44.5 Å². The van der Waals surface area contributed by atoms with Crippen LogP contribution in [0, 0.1) is 5.92 Å². The number of hydrogen-bond acceptors (Lipinski definition) is 3. The van der Waals surface area contributed by atoms with Gasteiger partial charge in [-0.2, -0.15) is 0 Å². The molecule has 0 aliphatic heterocycles. The molecule has 0 heterocycles. The molecule has 2 N–H and O–H groups in total. The van der Waals surface area contributed by atoms with E-state index in [0.29, 0.717) is 25.7 Å². The lowest BCUT2D eigenvalue weighted by Gasteiger charge is -2.18. The van der Waals surface area contributed by atoms with Crippen molar-refractivity contribution in [2.45, 2.75) is 20.0 Å². The summed E-state index contributed by atoms with van der Waals surface area (Å²) in [7, 11) is 0. The van der Waals surface area contributed by atoms with E-state index in [1.165, 1.54) is 0 Å². The smallest absolute Gasteiger partial charge is 0.0959 e. The van der Waals surface area contributed by atoms with E-state index in [0.717, 1.165) is 16.6 Å². The molecular weight excluding hydrogens is 294 g/mol. The van der Waals surface area contributed by atoms with Crippen molar-refractivity contribution in [1.82, 2.24) is 0 Å². The molecule has 3 nitrogen and oxygen atoms in total. The van der Waals surface area contributed by atoms with Crippen LogP contribution in [0.15, 0.2) is 28.7 Å². The van der Waals surface area contributed by atoms with E-state index in [2.05, 4.69) is 29.8 Å². The maximum atomic E-state index is 5.76. The largest absolute Gasteiger partial charge is 0.379 e. The fourth-order valence-electron chi connectivity index (χ4n) is 1.59. The van der Waals surface area contributed by atoms with Crippen molar-refractivity contribution < 1.29 is 9.47 Å². The lowest BCUT2D eigenvalue weighted by Crippen LogP contribution is -2.19. The predicted molar refractivity (Wildman–Crippen MR) is 77.5 cm³/mol. The number of benzene rings is 1. The molecule has 1 aromatic carbocycles. The van der Waals surface area contributed by atoms with Crippen LogP contribution in [0.1, 0.15) is 25.5 Å². The monoisotopic (exact) mass is 315 g/mol. The molecular formula is C14H22BrNO2. The van der Waals surface area contributed by atoms with Gasteiger partial charge >= 0.3 is 0 Å². The average molecular weight is 316 g/mol. The van der Waals surface area contributed by atoms with Crippen LogP contribution in [0.2, 0.25) is 0 Å². The number of hydrogen-bond donors (Lipinski definition) is 1. The van der Waals surface area contributed by atoms with Gasteiger partial charge < -0.3 is 15.2 Å². The molecule has 0 bridgehead atoms. The first-order chi connectivity index (χ1) is 8.65. The molecule has 0 fully saturated rings. The van der Waals surface area contributed by atoms with Crippen LogP contribution in [-0.4, -0.2) is 26.4 Å². The highest BCUT2D eigenvalue weighted by Crippen LogP contribution is 2.24. The first-order valence-electron chi connectivity index (χ1n) is 6.29. The van der Waals surface area contributed by atoms with Crippen LogP contribution in [0.4, 0.5) is 0 Å². The molecule has 1 aromatic rings. The highest BCUT2D eigenvalue weighted by Gasteiger charge is 2.12. The van der Waals surface area contributed by atoms with Crippen LogP contribution in [0.5, 0.6) is 0 Å². The van der Waals surface area contributed by atoms with Gasteiger partial charge in [0, 0.05) is 17.6 Å². The first-order valence-corrected chi connectivity index (χ1v) is 7.08. The predicted octanol–water partition coefficient (Wildman–Crippen LogP) is 3.14. The van der Waals surface area contributed by atoms with Gasteiger partial charge in [-0.1, -0.05) is 48.0 Å². The molecule has 18 heavy (non-hydrogen) atoms. The molecule has 0 aliphatic carbocycles. The van der Waals surface area contributed by atoms with Crippen molar-refractivity contribution in [3.8, 4) is 0 Å². The van der Waals surface area contributed by atoms with Crippen molar-refractivity contribution in [2.24, 2.45) is 11.7 Å². The van der Waals surface area contributed by atoms with E-state index in [1.807, 2.05) is 24.3 Å². The van der Waals surface area contributed by atoms with Crippen LogP contribution >= 0.6 is 15.9 Å². The third-order valence-electron chi connectivity index (χ3n) is 2.46. The normalized spacial score (nSPS) is 12.9. The Bertz CT molecular complexity index is 344. The minimum atomic E-state index is -0.0803. The summed E-state index contributed by atoms with van der Waals surface area (Å²) < 4.78 is 12.3. The lowest BCUT2D eigenvalue weighted by atomic mass is 10.1. The van der Waals surface area contributed by atoms with Gasteiger partial charge in [-0.25, -0.2) is 0 Å². The van der Waals surface area contributed by atoms with Crippen LogP contribution in [0.25, 0.3) is 0 Å². The van der Waals surface area contributed by atoms with Crippen molar-refractivity contribution in [2.75, 3.05) is 26.4 Å². The second kappa shape index (κ2) is 8.64. The lowest BCUT2D eigenvalue weighted by molar-refractivity contribution is 0.00153. The molecule has 1 unspecified atom stereocenters. The summed E-state index contributed by atoms with van der Waals surface area (Å²) in [5, 5.41) is 0. The SMILES string of the molecule is CC(C)COCCOC(CN)c1ccccc1Br. The highest BCUT2D eigenvalue weighted by atomic mass is 79.9. The molecule has 102 valence electrons. The van der Waals surface area contributed by atoms with Gasteiger partial charge in [0.25, 0.3) is 0 Å². The molecule has 0 aromatic heterocycles. The van der Waals surface area contributed by atoms with Crippen molar-refractivity contribution in [1.29, 1.82) is 0 Å². The minimum Gasteiger partial charge on any atom is -0.379 e. The Morgan fingerprint density at radius 1 is 1.22 bits per heavy atom. The van der Waals surface area contributed by atoms with Gasteiger partial charge in [0.2, 0.25) is 0 Å². The zero-order valence-electron chi connectivity index (χ0n) is 11.1. The standard InChI is InChI=1S/C14H22BrNO2/c1-11(2)10-17-7-8-18-14(9-16)12-5-3-4-6-13(12)15/h3-6,11,14H,7-10,16H2,1-2H3. The summed E-state index contributed by atoms with van der Waals surface area (Å²) >= 11 is 3.51. The van der Waals surface area contributed by atoms with Crippen molar-refractivity contribution in [3.63, 3.8) is 0 Å². The summed E-state index contributed by atoms with van der Waals surface area (Å²) in [6.45, 7) is 6.67. The van der Waals surface area contributed by atoms with Crippen molar-refractivity contribution >= 4 is 15.9 Å². The van der Waals surface area contributed by atoms with E-state index >= 15 is 0 Å². The molecule has 0 spiro atoms. The van der Waals surface area contributed by atoms with Gasteiger partial charge in [-0.3, -0.25) is 0 Å². The van der Waals surface area contributed by atoms with E-state index in [-0.39, 0.29) is 6.10 Å². The number of halogens is 1. The number of nitrogens with two attached hydrogens (primary N) is 1. The summed E-state index contributed by atoms with van der Waals surface area (Å²) in [5.41, 5.74) is 6.84. The Morgan fingerprint density at radius 2 is 1.94 bits per heavy atom. The number of ether oxygens (including phenoxy) is 2. The Kier molecular flexibility index (Phi) is 7.51. The second-order valence-corrected chi connectivity index (χ2v) is 5.44. The Hall–Kier alpha value is -0.420. The molecule has 0 saturated heterocycles. The Labute approximate surface area is 118 Å². The molecule has 0 radical (unpaired) electrons. The van der Waals surface area contributed by atoms with Crippen LogP contribution < -0.4 is 5.73 Å². The highest BCUT2D eigenvalue weighted by molar-refractivity contribution is 9.10. The Balaban J connectivity index is 2.36. The van der Waals surface area contributed by atoms with E-state index < -0.39 is 0 Å². The molecule has 0 aliphatic rings. The van der Waals surface area contributed by atoms with E-state index in [1.54, 1.807) is 0 Å². The first kappa shape index (κ1) is 15.6. The maximum absolute atomic E-state index is 5.76. The average Bonchev–Trinajstić information content (AvgIpc) is 2.35. The van der Waals surface area contributed by atoms with Gasteiger partial charge in [-0.15, -0.1) is 0 Å². The summed E-state index contributed by atoms with van der Waals surface area (Å²) in [6.07, 6.45) is -0.0803. The fourth-order valence-corrected chi connectivity index (χ4v) is 2.13. The van der Waals surface area contributed by atoms with E-state index in [9.17, 15) is 0 Å². The third kappa shape index (κ3) is 5.48. The number of rotatable bonds is 8. The minimum absolute atomic E-state index is 0.0803. The molecule has 1 rings (SSSR count). The van der Waals surface area contributed by atoms with Crippen LogP contribution in [-0.2, 0) is 9.47 Å². The molecule has 1 atom stereocenters. The van der Waals surface area contributed by atoms with Crippen LogP contribution in [0.3, 0.4) is 0 Å². The van der Waals surface area contributed by atoms with Gasteiger partial charge in [0.1, 0.15) is 0 Å². The summed E-state index contributed by atoms with van der Waals surface area (Å²) in [4.78, 5) is 0. The van der Waals surface area contributed by atoms with Gasteiger partial charge in [-0.05, 0) is 17.5 Å². The summed E-state index contributed by atoms with van der Waals surface area (Å²) in [6, 6.07) is 7.99. The maximum Gasteiger partial charge on any atom is 0.0959 e. The second-order valence-electron chi connectivity index (χ2n) is 4.59. The zero-order chi connectivity index (χ0) is 13.4. The van der Waals surface area contributed by atoms with E-state index in [4.69, 9.17) is 15.2 Å². The molecule has 0 saturated carbocycles. The fraction of sp³-hybridized carbons (Fsp3) is 0.571. The van der Waals surface area contributed by atoms with Crippen molar-refractivity contribution in [3.05, 3.63) is 34.3 Å². The molecule has 0 amide bonds. The quantitative estimate of drug-likeness (QED) is 0.749. The van der Waals surface area contributed by atoms with Gasteiger partial charge in [0.15, 0.2) is 0 Å². The summed E-state index contributed by atoms with van der Waals surface area (Å²) in [5.74, 6) is 0.554. The molecule has 4 heteroatoms. The zero-order valence-corrected chi connectivity index (χ0v) is 12.7. The Morgan fingerprint density at radius 3 is 2.56 bits per heavy atom. The van der Waals surface area contributed by atoms with Gasteiger partial charge in [0.05, 0.1) is 19.3 Å².